The van der Waals surface area contributed by atoms with Gasteiger partial charge in [0.15, 0.2) is 0 Å². The maximum absolute atomic E-state index is 11.3. The summed E-state index contributed by atoms with van der Waals surface area (Å²) in [5.41, 5.74) is 0.948. The monoisotopic (exact) mass is 271 g/mol. The highest BCUT2D eigenvalue weighted by Gasteiger charge is 2.27. The molecule has 2 unspecified atom stereocenters. The number of phenols is 1. The second kappa shape index (κ2) is 6.61. The summed E-state index contributed by atoms with van der Waals surface area (Å²) in [4.78, 5) is 11.3. The van der Waals surface area contributed by atoms with Crippen LogP contribution in [0.15, 0.2) is 24.3 Å². The van der Waals surface area contributed by atoms with Crippen molar-refractivity contribution < 1.29 is 14.6 Å². The molecule has 0 aromatic heterocycles. The molecule has 0 spiro atoms. The SMILES string of the molecule is COC(=O)C1CCC(c2ccccc2O)CN1.Cl. The maximum atomic E-state index is 11.3. The quantitative estimate of drug-likeness (QED) is 0.806. The highest BCUT2D eigenvalue weighted by Crippen LogP contribution is 2.31. The Hall–Kier alpha value is -1.26. The van der Waals surface area contributed by atoms with Crippen LogP contribution >= 0.6 is 12.4 Å². The van der Waals surface area contributed by atoms with E-state index < -0.39 is 0 Å². The van der Waals surface area contributed by atoms with Crippen molar-refractivity contribution in [2.45, 2.75) is 24.8 Å². The van der Waals surface area contributed by atoms with Crippen LogP contribution in [-0.2, 0) is 9.53 Å². The average molecular weight is 272 g/mol. The summed E-state index contributed by atoms with van der Waals surface area (Å²) in [6.45, 7) is 0.692. The largest absolute Gasteiger partial charge is 0.508 e. The van der Waals surface area contributed by atoms with Crippen molar-refractivity contribution >= 4 is 18.4 Å². The van der Waals surface area contributed by atoms with Gasteiger partial charge in [0.2, 0.25) is 0 Å². The molecule has 2 atom stereocenters. The number of carbonyl (C=O) groups excluding carboxylic acids is 1. The first-order valence-electron chi connectivity index (χ1n) is 5.81. The van der Waals surface area contributed by atoms with Gasteiger partial charge in [0.05, 0.1) is 7.11 Å². The molecule has 1 aliphatic rings. The Morgan fingerprint density at radius 2 is 2.11 bits per heavy atom. The number of methoxy groups -OCH3 is 1. The molecule has 1 saturated heterocycles. The Bertz CT molecular complexity index is 403. The zero-order valence-electron chi connectivity index (χ0n) is 10.3. The van der Waals surface area contributed by atoms with Gasteiger partial charge in [-0.2, -0.15) is 0 Å². The lowest BCUT2D eigenvalue weighted by atomic mass is 9.88. The number of halogens is 1. The molecule has 0 aliphatic carbocycles. The van der Waals surface area contributed by atoms with E-state index in [2.05, 4.69) is 5.32 Å². The lowest BCUT2D eigenvalue weighted by Gasteiger charge is -2.28. The first-order valence-corrected chi connectivity index (χ1v) is 5.81. The smallest absolute Gasteiger partial charge is 0.322 e. The van der Waals surface area contributed by atoms with Gasteiger partial charge in [0.25, 0.3) is 0 Å². The van der Waals surface area contributed by atoms with Crippen molar-refractivity contribution in [3.05, 3.63) is 29.8 Å². The minimum absolute atomic E-state index is 0. The molecule has 0 radical (unpaired) electrons. The summed E-state index contributed by atoms with van der Waals surface area (Å²) in [7, 11) is 1.40. The van der Waals surface area contributed by atoms with Crippen LogP contribution in [0.5, 0.6) is 5.75 Å². The molecule has 0 saturated carbocycles. The molecular formula is C13H18ClNO3. The number of hydrogen-bond donors (Lipinski definition) is 2. The predicted octanol–water partition coefficient (Wildman–Crippen LogP) is 1.82. The lowest BCUT2D eigenvalue weighted by Crippen LogP contribution is -2.43. The molecule has 100 valence electrons. The number of benzene rings is 1. The molecule has 0 amide bonds. The number of carbonyl (C=O) groups is 1. The van der Waals surface area contributed by atoms with Crippen molar-refractivity contribution in [1.29, 1.82) is 0 Å². The van der Waals surface area contributed by atoms with E-state index in [9.17, 15) is 9.90 Å². The first-order chi connectivity index (χ1) is 8.22. The number of para-hydroxylation sites is 1. The summed E-state index contributed by atoms with van der Waals surface area (Å²) in [5, 5.41) is 12.9. The Balaban J connectivity index is 0.00000162. The number of rotatable bonds is 2. The molecular weight excluding hydrogens is 254 g/mol. The third-order valence-corrected chi connectivity index (χ3v) is 3.28. The number of ether oxygens (including phenoxy) is 1. The fourth-order valence-electron chi connectivity index (χ4n) is 2.30. The van der Waals surface area contributed by atoms with Gasteiger partial charge >= 0.3 is 5.97 Å². The van der Waals surface area contributed by atoms with E-state index in [1.807, 2.05) is 18.2 Å². The topological polar surface area (TPSA) is 58.6 Å². The highest BCUT2D eigenvalue weighted by molar-refractivity contribution is 5.85. The van der Waals surface area contributed by atoms with Crippen molar-refractivity contribution in [2.75, 3.05) is 13.7 Å². The van der Waals surface area contributed by atoms with Gasteiger partial charge < -0.3 is 15.2 Å². The van der Waals surface area contributed by atoms with Crippen LogP contribution in [0.2, 0.25) is 0 Å². The first kappa shape index (κ1) is 14.8. The van der Waals surface area contributed by atoms with Crippen molar-refractivity contribution in [3.63, 3.8) is 0 Å². The molecule has 1 aliphatic heterocycles. The third kappa shape index (κ3) is 3.15. The van der Waals surface area contributed by atoms with Crippen LogP contribution in [0.1, 0.15) is 24.3 Å². The summed E-state index contributed by atoms with van der Waals surface area (Å²) < 4.78 is 4.70. The fourth-order valence-corrected chi connectivity index (χ4v) is 2.30. The Kier molecular flexibility index (Phi) is 5.44. The average Bonchev–Trinajstić information content (AvgIpc) is 2.39. The summed E-state index contributed by atoms with van der Waals surface area (Å²) in [5.74, 6) is 0.383. The van der Waals surface area contributed by atoms with Crippen LogP contribution in [-0.4, -0.2) is 30.8 Å². The van der Waals surface area contributed by atoms with Gasteiger partial charge in [-0.05, 0) is 24.5 Å². The molecule has 1 aromatic carbocycles. The van der Waals surface area contributed by atoms with Crippen LogP contribution in [0, 0.1) is 0 Å². The van der Waals surface area contributed by atoms with Crippen LogP contribution < -0.4 is 5.32 Å². The molecule has 5 heteroatoms. The number of piperidine rings is 1. The molecule has 2 rings (SSSR count). The molecule has 18 heavy (non-hydrogen) atoms. The molecule has 2 N–H and O–H groups in total. The van der Waals surface area contributed by atoms with E-state index in [0.29, 0.717) is 12.3 Å². The minimum Gasteiger partial charge on any atom is -0.508 e. The third-order valence-electron chi connectivity index (χ3n) is 3.28. The molecule has 1 aromatic rings. The van der Waals surface area contributed by atoms with E-state index in [4.69, 9.17) is 4.74 Å². The van der Waals surface area contributed by atoms with Gasteiger partial charge in [-0.25, -0.2) is 0 Å². The number of aromatic hydroxyl groups is 1. The second-order valence-corrected chi connectivity index (χ2v) is 4.32. The van der Waals surface area contributed by atoms with Gasteiger partial charge in [-0.3, -0.25) is 4.79 Å². The molecule has 4 nitrogen and oxygen atoms in total. The van der Waals surface area contributed by atoms with Crippen LogP contribution in [0.4, 0.5) is 0 Å². The Morgan fingerprint density at radius 1 is 1.39 bits per heavy atom. The zero-order valence-corrected chi connectivity index (χ0v) is 11.1. The van der Waals surface area contributed by atoms with Gasteiger partial charge in [0.1, 0.15) is 11.8 Å². The number of hydrogen-bond acceptors (Lipinski definition) is 4. The standard InChI is InChI=1S/C13H17NO3.ClH/c1-17-13(16)11-7-6-9(8-14-11)10-4-2-3-5-12(10)15;/h2-5,9,11,14-15H,6-8H2,1H3;1H. The predicted molar refractivity (Wildman–Crippen MR) is 71.1 cm³/mol. The summed E-state index contributed by atoms with van der Waals surface area (Å²) in [6.07, 6.45) is 1.62. The highest BCUT2D eigenvalue weighted by atomic mass is 35.5. The molecule has 1 heterocycles. The number of nitrogens with one attached hydrogen (secondary N) is 1. The fraction of sp³-hybridized carbons (Fsp3) is 0.462. The summed E-state index contributed by atoms with van der Waals surface area (Å²) >= 11 is 0. The van der Waals surface area contributed by atoms with Gasteiger partial charge in [-0.15, -0.1) is 12.4 Å². The minimum atomic E-state index is -0.208. The van der Waals surface area contributed by atoms with Gasteiger partial charge in [0, 0.05) is 12.5 Å². The van der Waals surface area contributed by atoms with Crippen molar-refractivity contribution in [2.24, 2.45) is 0 Å². The lowest BCUT2D eigenvalue weighted by molar-refractivity contribution is -0.143. The van der Waals surface area contributed by atoms with E-state index in [-0.39, 0.29) is 30.3 Å². The summed E-state index contributed by atoms with van der Waals surface area (Å²) in [6, 6.07) is 7.15. The second-order valence-electron chi connectivity index (χ2n) is 4.32. The van der Waals surface area contributed by atoms with E-state index in [1.54, 1.807) is 6.07 Å². The van der Waals surface area contributed by atoms with Crippen LogP contribution in [0.25, 0.3) is 0 Å². The van der Waals surface area contributed by atoms with E-state index >= 15 is 0 Å². The maximum Gasteiger partial charge on any atom is 0.322 e. The van der Waals surface area contributed by atoms with Crippen LogP contribution in [0.3, 0.4) is 0 Å². The number of phenolic OH excluding ortho intramolecular Hbond substituents is 1. The Labute approximate surface area is 113 Å². The normalized spacial score (nSPS) is 22.9. The van der Waals surface area contributed by atoms with E-state index in [1.165, 1.54) is 7.11 Å². The number of esters is 1. The Morgan fingerprint density at radius 3 is 2.67 bits per heavy atom. The van der Waals surface area contributed by atoms with E-state index in [0.717, 1.165) is 18.4 Å². The van der Waals surface area contributed by atoms with Crippen molar-refractivity contribution in [3.8, 4) is 5.75 Å². The van der Waals surface area contributed by atoms with Crippen molar-refractivity contribution in [1.82, 2.24) is 5.32 Å². The molecule has 1 fully saturated rings. The molecule has 0 bridgehead atoms. The van der Waals surface area contributed by atoms with Gasteiger partial charge in [-0.1, -0.05) is 18.2 Å². The zero-order chi connectivity index (χ0) is 12.3.